The largest absolute Gasteiger partial charge is 0.240 e. The maximum absolute atomic E-state index is 12.4. The molecular formula is C14H20BrNO2S. The second-order valence-corrected chi connectivity index (χ2v) is 8.40. The van der Waals surface area contributed by atoms with E-state index in [2.05, 4.69) is 27.6 Å². The molecule has 2 rings (SSSR count). The number of hydrogen-bond acceptors (Lipinski definition) is 2. The van der Waals surface area contributed by atoms with Crippen molar-refractivity contribution in [3.63, 3.8) is 0 Å². The van der Waals surface area contributed by atoms with Crippen LogP contribution in [0.5, 0.6) is 0 Å². The number of rotatable bonds is 4. The summed E-state index contributed by atoms with van der Waals surface area (Å²) in [7, 11) is -3.42. The van der Waals surface area contributed by atoms with Crippen LogP contribution in [-0.4, -0.2) is 15.0 Å². The van der Waals surface area contributed by atoms with E-state index in [1.54, 1.807) is 6.07 Å². The van der Waals surface area contributed by atoms with E-state index in [4.69, 9.17) is 0 Å². The predicted octanol–water partition coefficient (Wildman–Crippen LogP) is 3.62. The van der Waals surface area contributed by atoms with Crippen molar-refractivity contribution in [1.29, 1.82) is 0 Å². The molecule has 0 aromatic heterocycles. The molecule has 1 aromatic rings. The number of hydrogen-bond donors (Lipinski definition) is 1. The van der Waals surface area contributed by atoms with Crippen molar-refractivity contribution >= 4 is 26.0 Å². The lowest BCUT2D eigenvalue weighted by Crippen LogP contribution is -2.34. The van der Waals surface area contributed by atoms with E-state index in [9.17, 15) is 8.42 Å². The van der Waals surface area contributed by atoms with Gasteiger partial charge in [0.1, 0.15) is 0 Å². The molecule has 19 heavy (non-hydrogen) atoms. The summed E-state index contributed by atoms with van der Waals surface area (Å²) in [5.41, 5.74) is 0.889. The third-order valence-corrected chi connectivity index (χ3v) is 5.98. The van der Waals surface area contributed by atoms with Gasteiger partial charge in [0.05, 0.1) is 4.90 Å². The summed E-state index contributed by atoms with van der Waals surface area (Å²) in [5.74, 6) is 0. The molecule has 1 saturated carbocycles. The fourth-order valence-corrected chi connectivity index (χ4v) is 4.60. The third-order valence-electron chi connectivity index (χ3n) is 3.94. The lowest BCUT2D eigenvalue weighted by Gasteiger charge is -2.23. The monoisotopic (exact) mass is 345 g/mol. The van der Waals surface area contributed by atoms with Gasteiger partial charge < -0.3 is 0 Å². The second kappa shape index (κ2) is 5.54. The molecule has 0 atom stereocenters. The van der Waals surface area contributed by atoms with Gasteiger partial charge in [0.25, 0.3) is 0 Å². The summed E-state index contributed by atoms with van der Waals surface area (Å²) < 4.78 is 28.3. The maximum Gasteiger partial charge on any atom is 0.240 e. The minimum Gasteiger partial charge on any atom is -0.211 e. The Morgan fingerprint density at radius 3 is 2.58 bits per heavy atom. The van der Waals surface area contributed by atoms with E-state index in [1.807, 2.05) is 19.1 Å². The number of benzene rings is 1. The molecule has 0 heterocycles. The minimum atomic E-state index is -3.42. The molecule has 0 bridgehead atoms. The molecule has 106 valence electrons. The van der Waals surface area contributed by atoms with Crippen LogP contribution in [0.25, 0.3) is 0 Å². The highest BCUT2D eigenvalue weighted by Crippen LogP contribution is 2.37. The molecule has 1 fully saturated rings. The van der Waals surface area contributed by atoms with Gasteiger partial charge >= 0.3 is 0 Å². The first-order valence-corrected chi connectivity index (χ1v) is 8.86. The lowest BCUT2D eigenvalue weighted by atomic mass is 9.89. The predicted molar refractivity (Wildman–Crippen MR) is 80.6 cm³/mol. The molecular weight excluding hydrogens is 326 g/mol. The Balaban J connectivity index is 2.16. The van der Waals surface area contributed by atoms with Crippen LogP contribution in [0.3, 0.4) is 0 Å². The number of aryl methyl sites for hydroxylation is 1. The van der Waals surface area contributed by atoms with Crippen LogP contribution >= 0.6 is 15.9 Å². The van der Waals surface area contributed by atoms with Gasteiger partial charge in [-0.3, -0.25) is 0 Å². The Kier molecular flexibility index (Phi) is 4.38. The Morgan fingerprint density at radius 2 is 1.95 bits per heavy atom. The van der Waals surface area contributed by atoms with E-state index >= 15 is 0 Å². The smallest absolute Gasteiger partial charge is 0.211 e. The molecule has 5 heteroatoms. The molecule has 0 radical (unpaired) electrons. The van der Waals surface area contributed by atoms with Crippen molar-refractivity contribution in [3.8, 4) is 0 Å². The zero-order valence-electron chi connectivity index (χ0n) is 11.4. The van der Waals surface area contributed by atoms with Crippen LogP contribution in [0.4, 0.5) is 0 Å². The zero-order valence-corrected chi connectivity index (χ0v) is 13.8. The van der Waals surface area contributed by atoms with Gasteiger partial charge in [-0.1, -0.05) is 41.8 Å². The quantitative estimate of drug-likeness (QED) is 0.905. The van der Waals surface area contributed by atoms with Gasteiger partial charge in [0.15, 0.2) is 0 Å². The average Bonchev–Trinajstić information content (AvgIpc) is 2.78. The Hall–Kier alpha value is -0.390. The van der Waals surface area contributed by atoms with Crippen LogP contribution in [0.2, 0.25) is 0 Å². The molecule has 0 amide bonds. The van der Waals surface area contributed by atoms with Crippen LogP contribution in [-0.2, 0) is 10.0 Å². The van der Waals surface area contributed by atoms with Gasteiger partial charge in [-0.25, -0.2) is 13.1 Å². The van der Waals surface area contributed by atoms with Gasteiger partial charge in [-0.05, 0) is 42.9 Å². The van der Waals surface area contributed by atoms with Gasteiger partial charge in [0, 0.05) is 11.0 Å². The molecule has 1 aliphatic rings. The molecule has 0 unspecified atom stereocenters. The summed E-state index contributed by atoms with van der Waals surface area (Å²) in [6, 6.07) is 5.33. The Morgan fingerprint density at radius 1 is 1.32 bits per heavy atom. The molecule has 1 aromatic carbocycles. The Labute approximate surface area is 124 Å². The summed E-state index contributed by atoms with van der Waals surface area (Å²) >= 11 is 3.32. The van der Waals surface area contributed by atoms with E-state index in [0.717, 1.165) is 22.9 Å². The highest BCUT2D eigenvalue weighted by Gasteiger charge is 2.30. The third kappa shape index (κ3) is 3.58. The second-order valence-electron chi connectivity index (χ2n) is 5.75. The average molecular weight is 346 g/mol. The summed E-state index contributed by atoms with van der Waals surface area (Å²) in [6.45, 7) is 4.51. The van der Waals surface area contributed by atoms with E-state index < -0.39 is 10.0 Å². The summed E-state index contributed by atoms with van der Waals surface area (Å²) in [6.07, 6.45) is 4.61. The number of nitrogens with one attached hydrogen (secondary N) is 1. The molecule has 1 aliphatic carbocycles. The number of sulfonamides is 1. The van der Waals surface area contributed by atoms with Gasteiger partial charge in [-0.2, -0.15) is 0 Å². The van der Waals surface area contributed by atoms with Crippen LogP contribution in [0, 0.1) is 12.3 Å². The van der Waals surface area contributed by atoms with Crippen LogP contribution in [0.15, 0.2) is 27.6 Å². The van der Waals surface area contributed by atoms with E-state index in [-0.39, 0.29) is 5.41 Å². The maximum atomic E-state index is 12.4. The first kappa shape index (κ1) is 15.0. The highest BCUT2D eigenvalue weighted by molar-refractivity contribution is 9.10. The normalized spacial score (nSPS) is 18.7. The topological polar surface area (TPSA) is 46.2 Å². The van der Waals surface area contributed by atoms with Crippen LogP contribution in [0.1, 0.15) is 38.2 Å². The first-order valence-electron chi connectivity index (χ1n) is 6.58. The zero-order chi connectivity index (χ0) is 14.1. The fraction of sp³-hybridized carbons (Fsp3) is 0.571. The molecule has 1 N–H and O–H groups in total. The van der Waals surface area contributed by atoms with Crippen molar-refractivity contribution < 1.29 is 8.42 Å². The van der Waals surface area contributed by atoms with Gasteiger partial charge in [-0.15, -0.1) is 0 Å². The molecule has 3 nitrogen and oxygen atoms in total. The van der Waals surface area contributed by atoms with Crippen molar-refractivity contribution in [1.82, 2.24) is 4.72 Å². The highest BCUT2D eigenvalue weighted by atomic mass is 79.9. The van der Waals surface area contributed by atoms with Crippen molar-refractivity contribution in [2.75, 3.05) is 6.54 Å². The van der Waals surface area contributed by atoms with Crippen molar-refractivity contribution in [2.45, 2.75) is 44.4 Å². The Bertz CT molecular complexity index is 563. The SMILES string of the molecule is Cc1ccc(Br)cc1S(=O)(=O)NCC1(C)CCCC1. The van der Waals surface area contributed by atoms with E-state index in [0.29, 0.717) is 11.4 Å². The van der Waals surface area contributed by atoms with Gasteiger partial charge in [0.2, 0.25) is 10.0 Å². The lowest BCUT2D eigenvalue weighted by molar-refractivity contribution is 0.336. The molecule has 0 aliphatic heterocycles. The fourth-order valence-electron chi connectivity index (χ4n) is 2.62. The van der Waals surface area contributed by atoms with Crippen LogP contribution < -0.4 is 4.72 Å². The van der Waals surface area contributed by atoms with Crippen molar-refractivity contribution in [2.24, 2.45) is 5.41 Å². The van der Waals surface area contributed by atoms with E-state index in [1.165, 1.54) is 12.8 Å². The summed E-state index contributed by atoms with van der Waals surface area (Å²) in [5, 5.41) is 0. The minimum absolute atomic E-state index is 0.118. The number of halogens is 1. The van der Waals surface area contributed by atoms with Crippen molar-refractivity contribution in [3.05, 3.63) is 28.2 Å². The summed E-state index contributed by atoms with van der Waals surface area (Å²) in [4.78, 5) is 0.364. The standard InChI is InChI=1S/C14H20BrNO2S/c1-11-5-6-12(15)9-13(11)19(17,18)16-10-14(2)7-3-4-8-14/h5-6,9,16H,3-4,7-8,10H2,1-2H3. The first-order chi connectivity index (χ1) is 8.82. The molecule has 0 spiro atoms. The molecule has 0 saturated heterocycles.